The van der Waals surface area contributed by atoms with Crippen molar-refractivity contribution in [2.45, 2.75) is 19.3 Å². The predicted molar refractivity (Wildman–Crippen MR) is 72.8 cm³/mol. The first kappa shape index (κ1) is 12.3. The van der Waals surface area contributed by atoms with Crippen LogP contribution in [-0.2, 0) is 17.6 Å². The Morgan fingerprint density at radius 3 is 3.05 bits per heavy atom. The number of aromatic nitrogens is 2. The molecule has 6 nitrogen and oxygen atoms in total. The van der Waals surface area contributed by atoms with Crippen molar-refractivity contribution >= 4 is 5.97 Å². The molecule has 4 rings (SSSR count). The summed E-state index contributed by atoms with van der Waals surface area (Å²) in [6.45, 7) is 0.245. The van der Waals surface area contributed by atoms with Crippen LogP contribution in [0, 0.1) is 5.92 Å². The molecule has 1 aliphatic carbocycles. The second-order valence-electron chi connectivity index (χ2n) is 5.36. The van der Waals surface area contributed by atoms with Gasteiger partial charge in [0.05, 0.1) is 17.3 Å². The van der Waals surface area contributed by atoms with E-state index >= 15 is 0 Å². The Morgan fingerprint density at radius 2 is 2.19 bits per heavy atom. The van der Waals surface area contributed by atoms with Crippen molar-refractivity contribution < 1.29 is 19.4 Å². The van der Waals surface area contributed by atoms with Gasteiger partial charge in [-0.2, -0.15) is 5.10 Å². The molecule has 1 N–H and O–H groups in total. The predicted octanol–water partition coefficient (Wildman–Crippen LogP) is 1.79. The lowest BCUT2D eigenvalue weighted by atomic mass is 9.88. The van der Waals surface area contributed by atoms with E-state index in [2.05, 4.69) is 5.10 Å². The largest absolute Gasteiger partial charge is 0.481 e. The van der Waals surface area contributed by atoms with E-state index in [9.17, 15) is 4.79 Å². The number of aryl methyl sites for hydroxylation is 1. The third kappa shape index (κ3) is 2.03. The van der Waals surface area contributed by atoms with Crippen LogP contribution in [0.2, 0.25) is 0 Å². The molecule has 0 spiro atoms. The Balaban J connectivity index is 1.67. The van der Waals surface area contributed by atoms with Crippen LogP contribution >= 0.6 is 0 Å². The average Bonchev–Trinajstić information content (AvgIpc) is 3.11. The molecule has 1 aromatic heterocycles. The topological polar surface area (TPSA) is 73.6 Å². The molecule has 2 aromatic rings. The molecule has 2 aliphatic rings. The van der Waals surface area contributed by atoms with Crippen molar-refractivity contribution in [3.63, 3.8) is 0 Å². The fourth-order valence-corrected chi connectivity index (χ4v) is 2.88. The SMILES string of the molecule is O=C(O)C1CCc2nn(-c3ccc4c(c3)OCO4)cc2C1. The van der Waals surface area contributed by atoms with E-state index in [0.29, 0.717) is 25.0 Å². The maximum Gasteiger partial charge on any atom is 0.306 e. The zero-order valence-electron chi connectivity index (χ0n) is 11.3. The highest BCUT2D eigenvalue weighted by Crippen LogP contribution is 2.34. The van der Waals surface area contributed by atoms with Gasteiger partial charge in [-0.3, -0.25) is 4.79 Å². The fourth-order valence-electron chi connectivity index (χ4n) is 2.88. The number of fused-ring (bicyclic) bond motifs is 2. The van der Waals surface area contributed by atoms with Gasteiger partial charge in [-0.1, -0.05) is 0 Å². The lowest BCUT2D eigenvalue weighted by molar-refractivity contribution is -0.142. The molecule has 1 unspecified atom stereocenters. The standard InChI is InChI=1S/C15H14N2O4/c18-15(19)9-1-3-12-10(5-9)7-17(16-12)11-2-4-13-14(6-11)21-8-20-13/h2,4,6-7,9H,1,3,5,8H2,(H,18,19). The molecule has 1 aromatic carbocycles. The second kappa shape index (κ2) is 4.51. The Kier molecular flexibility index (Phi) is 2.63. The molecule has 1 atom stereocenters. The van der Waals surface area contributed by atoms with Gasteiger partial charge in [0.2, 0.25) is 6.79 Å². The van der Waals surface area contributed by atoms with Crippen LogP contribution in [0.3, 0.4) is 0 Å². The maximum absolute atomic E-state index is 11.1. The quantitative estimate of drug-likeness (QED) is 0.911. The normalized spacial score (nSPS) is 19.3. The number of ether oxygens (including phenoxy) is 2. The molecule has 0 saturated carbocycles. The third-order valence-corrected chi connectivity index (χ3v) is 4.04. The van der Waals surface area contributed by atoms with Crippen LogP contribution in [0.4, 0.5) is 0 Å². The van der Waals surface area contributed by atoms with Crippen molar-refractivity contribution in [3.05, 3.63) is 35.7 Å². The lowest BCUT2D eigenvalue weighted by Crippen LogP contribution is -2.21. The van der Waals surface area contributed by atoms with Crippen molar-refractivity contribution in [2.24, 2.45) is 5.92 Å². The molecule has 0 saturated heterocycles. The number of carboxylic acids is 1. The smallest absolute Gasteiger partial charge is 0.306 e. The van der Waals surface area contributed by atoms with Gasteiger partial charge in [0, 0.05) is 12.3 Å². The van der Waals surface area contributed by atoms with Crippen LogP contribution in [0.15, 0.2) is 24.4 Å². The summed E-state index contributed by atoms with van der Waals surface area (Å²) in [6.07, 6.45) is 3.83. The average molecular weight is 286 g/mol. The van der Waals surface area contributed by atoms with Crippen LogP contribution in [0.25, 0.3) is 5.69 Å². The van der Waals surface area contributed by atoms with E-state index in [0.717, 1.165) is 22.7 Å². The van der Waals surface area contributed by atoms with Gasteiger partial charge < -0.3 is 14.6 Å². The molecule has 108 valence electrons. The van der Waals surface area contributed by atoms with Gasteiger partial charge in [0.15, 0.2) is 11.5 Å². The molecule has 2 heterocycles. The Bertz CT molecular complexity index is 722. The van der Waals surface area contributed by atoms with Gasteiger partial charge >= 0.3 is 5.97 Å². The Morgan fingerprint density at radius 1 is 1.33 bits per heavy atom. The summed E-state index contributed by atoms with van der Waals surface area (Å²) in [7, 11) is 0. The summed E-state index contributed by atoms with van der Waals surface area (Å²) in [5.74, 6) is 0.425. The number of aliphatic carboxylic acids is 1. The number of carboxylic acid groups (broad SMARTS) is 1. The van der Waals surface area contributed by atoms with E-state index in [1.807, 2.05) is 24.4 Å². The van der Waals surface area contributed by atoms with E-state index < -0.39 is 5.97 Å². The number of rotatable bonds is 2. The summed E-state index contributed by atoms with van der Waals surface area (Å²) in [6, 6.07) is 5.66. The summed E-state index contributed by atoms with van der Waals surface area (Å²) in [5.41, 5.74) is 2.90. The Labute approximate surface area is 120 Å². The molecule has 0 fully saturated rings. The van der Waals surface area contributed by atoms with Crippen molar-refractivity contribution in [1.29, 1.82) is 0 Å². The summed E-state index contributed by atoms with van der Waals surface area (Å²) < 4.78 is 12.5. The molecular weight excluding hydrogens is 272 g/mol. The molecule has 0 bridgehead atoms. The van der Waals surface area contributed by atoms with Gasteiger partial charge in [-0.15, -0.1) is 0 Å². The zero-order chi connectivity index (χ0) is 14.4. The van der Waals surface area contributed by atoms with Gasteiger partial charge in [0.1, 0.15) is 0 Å². The number of nitrogens with zero attached hydrogens (tertiary/aromatic N) is 2. The van der Waals surface area contributed by atoms with Crippen molar-refractivity contribution in [3.8, 4) is 17.2 Å². The maximum atomic E-state index is 11.1. The summed E-state index contributed by atoms with van der Waals surface area (Å²) in [4.78, 5) is 11.1. The van der Waals surface area contributed by atoms with E-state index in [1.54, 1.807) is 4.68 Å². The first-order valence-electron chi connectivity index (χ1n) is 6.91. The molecule has 1 aliphatic heterocycles. The van der Waals surface area contributed by atoms with E-state index in [1.165, 1.54) is 0 Å². The molecular formula is C15H14N2O4. The fraction of sp³-hybridized carbons (Fsp3) is 0.333. The highest BCUT2D eigenvalue weighted by Gasteiger charge is 2.26. The monoisotopic (exact) mass is 286 g/mol. The number of hydrogen-bond donors (Lipinski definition) is 1. The molecule has 21 heavy (non-hydrogen) atoms. The number of benzene rings is 1. The van der Waals surface area contributed by atoms with Crippen molar-refractivity contribution in [1.82, 2.24) is 9.78 Å². The highest BCUT2D eigenvalue weighted by molar-refractivity contribution is 5.70. The number of hydrogen-bond acceptors (Lipinski definition) is 4. The van der Waals surface area contributed by atoms with Crippen LogP contribution < -0.4 is 9.47 Å². The Hall–Kier alpha value is -2.50. The third-order valence-electron chi connectivity index (χ3n) is 4.04. The van der Waals surface area contributed by atoms with Crippen LogP contribution in [-0.4, -0.2) is 27.6 Å². The second-order valence-corrected chi connectivity index (χ2v) is 5.36. The van der Waals surface area contributed by atoms with Crippen LogP contribution in [0.1, 0.15) is 17.7 Å². The summed E-state index contributed by atoms with van der Waals surface area (Å²) in [5, 5.41) is 13.7. The van der Waals surface area contributed by atoms with E-state index in [4.69, 9.17) is 14.6 Å². The minimum Gasteiger partial charge on any atom is -0.481 e. The minimum atomic E-state index is -0.725. The zero-order valence-corrected chi connectivity index (χ0v) is 11.3. The molecule has 6 heteroatoms. The molecule has 0 amide bonds. The van der Waals surface area contributed by atoms with E-state index in [-0.39, 0.29) is 12.7 Å². The van der Waals surface area contributed by atoms with Gasteiger partial charge in [-0.25, -0.2) is 4.68 Å². The first-order chi connectivity index (χ1) is 10.2. The van der Waals surface area contributed by atoms with Crippen LogP contribution in [0.5, 0.6) is 11.5 Å². The first-order valence-corrected chi connectivity index (χ1v) is 6.91. The van der Waals surface area contributed by atoms with Gasteiger partial charge in [-0.05, 0) is 37.0 Å². The minimum absolute atomic E-state index is 0.245. The lowest BCUT2D eigenvalue weighted by Gasteiger charge is -2.16. The van der Waals surface area contributed by atoms with Gasteiger partial charge in [0.25, 0.3) is 0 Å². The number of carbonyl (C=O) groups is 1. The molecule has 0 radical (unpaired) electrons. The van der Waals surface area contributed by atoms with Crippen molar-refractivity contribution in [2.75, 3.05) is 6.79 Å². The highest BCUT2D eigenvalue weighted by atomic mass is 16.7. The summed E-state index contributed by atoms with van der Waals surface area (Å²) >= 11 is 0.